The van der Waals surface area contributed by atoms with Crippen LogP contribution in [0.2, 0.25) is 25.7 Å². The molecule has 0 unspecified atom stereocenters. The molecule has 0 bridgehead atoms. The normalized spacial score (nSPS) is 20.5. The van der Waals surface area contributed by atoms with Crippen LogP contribution in [0.5, 0.6) is 0 Å². The summed E-state index contributed by atoms with van der Waals surface area (Å²) in [7, 11) is -1.14. The van der Waals surface area contributed by atoms with E-state index in [1.54, 1.807) is 6.33 Å². The van der Waals surface area contributed by atoms with Crippen molar-refractivity contribution < 1.29 is 19.1 Å². The molecule has 3 heterocycles. The summed E-state index contributed by atoms with van der Waals surface area (Å²) in [6, 6.07) is 0.265. The molecule has 4 amide bonds. The van der Waals surface area contributed by atoms with Gasteiger partial charge in [-0.05, 0) is 38.1 Å². The van der Waals surface area contributed by atoms with Gasteiger partial charge in [-0.3, -0.25) is 24.0 Å². The van der Waals surface area contributed by atoms with Gasteiger partial charge in [0.2, 0.25) is 5.95 Å². The van der Waals surface area contributed by atoms with Crippen molar-refractivity contribution in [3.05, 3.63) is 17.7 Å². The first-order valence-corrected chi connectivity index (χ1v) is 17.3. The average molecular weight is 547 g/mol. The van der Waals surface area contributed by atoms with E-state index in [4.69, 9.17) is 16.2 Å². The van der Waals surface area contributed by atoms with Crippen LogP contribution in [0.1, 0.15) is 45.4 Å². The van der Waals surface area contributed by atoms with E-state index in [-0.39, 0.29) is 29.4 Å². The Morgan fingerprint density at radius 1 is 1.13 bits per heavy atom. The maximum absolute atomic E-state index is 13.2. The van der Waals surface area contributed by atoms with Crippen molar-refractivity contribution >= 4 is 31.9 Å². The number of unbranched alkanes of at least 4 members (excludes halogenated alkanes) is 1. The van der Waals surface area contributed by atoms with Crippen LogP contribution in [0, 0.1) is 5.41 Å². The standard InChI is InChI=1S/C25H42N8O4Si/c1-5-6-11-32-21(34)19(20(26)27)22(35)33(24(32)36)18-7-9-25(10-8-18)14-30(15-25)23-29-28-16-31(23)17-37-12-13-38(2,3)4/h16,18H,5-15,17,26-27H2,1-4H3. The summed E-state index contributed by atoms with van der Waals surface area (Å²) >= 11 is 0. The van der Waals surface area contributed by atoms with Crippen molar-refractivity contribution in [2.75, 3.05) is 31.1 Å². The summed E-state index contributed by atoms with van der Waals surface area (Å²) in [6.45, 7) is 12.1. The van der Waals surface area contributed by atoms with Gasteiger partial charge < -0.3 is 21.1 Å². The first-order valence-electron chi connectivity index (χ1n) is 13.6. The fraction of sp³-hybridized carbons (Fsp3) is 0.720. The minimum absolute atomic E-state index is 0.108. The van der Waals surface area contributed by atoms with Crippen LogP contribution in [0.3, 0.4) is 0 Å². The van der Waals surface area contributed by atoms with Crippen molar-refractivity contribution in [2.45, 2.75) is 83.9 Å². The molecule has 0 atom stereocenters. The number of nitrogens with zero attached hydrogens (tertiary/aromatic N) is 6. The molecule has 38 heavy (non-hydrogen) atoms. The van der Waals surface area contributed by atoms with E-state index in [9.17, 15) is 14.4 Å². The van der Waals surface area contributed by atoms with Crippen LogP contribution >= 0.6 is 0 Å². The number of imide groups is 2. The molecule has 3 fully saturated rings. The van der Waals surface area contributed by atoms with Crippen molar-refractivity contribution in [2.24, 2.45) is 16.9 Å². The fourth-order valence-corrected chi connectivity index (χ4v) is 6.31. The first kappa shape index (κ1) is 28.1. The minimum atomic E-state index is -1.14. The van der Waals surface area contributed by atoms with Crippen molar-refractivity contribution in [1.29, 1.82) is 0 Å². The predicted octanol–water partition coefficient (Wildman–Crippen LogP) is 2.06. The van der Waals surface area contributed by atoms with Gasteiger partial charge in [-0.25, -0.2) is 4.79 Å². The lowest BCUT2D eigenvalue weighted by Gasteiger charge is -2.54. The molecule has 2 saturated heterocycles. The maximum atomic E-state index is 13.2. The molecule has 1 aliphatic carbocycles. The Bertz CT molecular complexity index is 1080. The Morgan fingerprint density at radius 2 is 1.82 bits per heavy atom. The van der Waals surface area contributed by atoms with E-state index in [1.807, 2.05) is 11.5 Å². The molecule has 1 spiro atoms. The van der Waals surface area contributed by atoms with Crippen LogP contribution in [0.15, 0.2) is 17.7 Å². The molecule has 4 rings (SSSR count). The lowest BCUT2D eigenvalue weighted by Crippen LogP contribution is -2.63. The van der Waals surface area contributed by atoms with Gasteiger partial charge in [-0.1, -0.05) is 33.0 Å². The predicted molar refractivity (Wildman–Crippen MR) is 145 cm³/mol. The monoisotopic (exact) mass is 546 g/mol. The van der Waals surface area contributed by atoms with Gasteiger partial charge >= 0.3 is 6.03 Å². The molecule has 13 heteroatoms. The van der Waals surface area contributed by atoms with Crippen LogP contribution in [0.4, 0.5) is 10.7 Å². The molecule has 4 N–H and O–H groups in total. The molecule has 1 saturated carbocycles. The smallest absolute Gasteiger partial charge is 0.334 e. The Kier molecular flexibility index (Phi) is 8.16. The number of hydrogen-bond acceptors (Lipinski definition) is 9. The van der Waals surface area contributed by atoms with Crippen molar-refractivity contribution in [3.8, 4) is 0 Å². The Balaban J connectivity index is 1.35. The number of rotatable bonds is 10. The summed E-state index contributed by atoms with van der Waals surface area (Å²) in [5.41, 5.74) is 11.2. The van der Waals surface area contributed by atoms with E-state index in [0.717, 1.165) is 55.9 Å². The zero-order valence-electron chi connectivity index (χ0n) is 23.1. The molecule has 2 aliphatic heterocycles. The van der Waals surface area contributed by atoms with Crippen LogP contribution < -0.4 is 16.4 Å². The van der Waals surface area contributed by atoms with E-state index in [0.29, 0.717) is 26.0 Å². The lowest BCUT2D eigenvalue weighted by atomic mass is 9.67. The number of barbiturate groups is 1. The number of nitrogens with two attached hydrogens (primary N) is 2. The molecular formula is C25H42N8O4Si. The van der Waals surface area contributed by atoms with Gasteiger partial charge in [0.15, 0.2) is 0 Å². The fourth-order valence-electron chi connectivity index (χ4n) is 5.55. The third-order valence-electron chi connectivity index (χ3n) is 7.89. The quantitative estimate of drug-likeness (QED) is 0.194. The third kappa shape index (κ3) is 5.72. The summed E-state index contributed by atoms with van der Waals surface area (Å²) in [5, 5.41) is 8.41. The zero-order chi connectivity index (χ0) is 27.7. The van der Waals surface area contributed by atoms with Gasteiger partial charge in [-0.2, -0.15) is 0 Å². The van der Waals surface area contributed by atoms with Gasteiger partial charge in [0.1, 0.15) is 24.5 Å². The first-order chi connectivity index (χ1) is 18.0. The molecule has 1 aromatic rings. The van der Waals surface area contributed by atoms with Crippen molar-refractivity contribution in [1.82, 2.24) is 24.6 Å². The molecule has 0 radical (unpaired) electrons. The van der Waals surface area contributed by atoms with Gasteiger partial charge in [0.25, 0.3) is 11.8 Å². The van der Waals surface area contributed by atoms with E-state index >= 15 is 0 Å². The number of ether oxygens (including phenoxy) is 1. The highest BCUT2D eigenvalue weighted by Gasteiger charge is 2.51. The molecule has 1 aromatic heterocycles. The Labute approximate surface area is 225 Å². The average Bonchev–Trinajstić information content (AvgIpc) is 3.28. The molecule has 12 nitrogen and oxygen atoms in total. The zero-order valence-corrected chi connectivity index (χ0v) is 24.1. The van der Waals surface area contributed by atoms with Crippen LogP contribution in [-0.2, 0) is 21.1 Å². The van der Waals surface area contributed by atoms with E-state index in [2.05, 4.69) is 34.7 Å². The largest absolute Gasteiger partial charge is 0.385 e. The Morgan fingerprint density at radius 3 is 2.42 bits per heavy atom. The van der Waals surface area contributed by atoms with Gasteiger partial charge in [0, 0.05) is 45.8 Å². The second-order valence-electron chi connectivity index (χ2n) is 12.1. The van der Waals surface area contributed by atoms with Gasteiger partial charge in [0.05, 0.1) is 0 Å². The molecule has 0 aromatic carbocycles. The highest BCUT2D eigenvalue weighted by Crippen LogP contribution is 2.46. The minimum Gasteiger partial charge on any atom is -0.385 e. The number of aromatic nitrogens is 3. The SMILES string of the molecule is CCCCN1C(=O)C(=C(N)N)C(=O)N(C2CCC3(CC2)CN(c2nncn2COCC[Si](C)(C)C)C3)C1=O. The third-order valence-corrected chi connectivity index (χ3v) is 9.59. The van der Waals surface area contributed by atoms with Gasteiger partial charge in [-0.15, -0.1) is 10.2 Å². The summed E-state index contributed by atoms with van der Waals surface area (Å²) in [5.74, 6) is -0.897. The van der Waals surface area contributed by atoms with Crippen molar-refractivity contribution in [3.63, 3.8) is 0 Å². The maximum Gasteiger partial charge on any atom is 0.334 e. The second-order valence-corrected chi connectivity index (χ2v) is 17.8. The number of hydrogen-bond donors (Lipinski definition) is 2. The molecule has 210 valence electrons. The van der Waals surface area contributed by atoms with Crippen LogP contribution in [0.25, 0.3) is 0 Å². The summed E-state index contributed by atoms with van der Waals surface area (Å²) in [4.78, 5) is 43.8. The number of carbonyl (C=O) groups is 3. The number of carbonyl (C=O) groups excluding carboxylic acids is 3. The van der Waals surface area contributed by atoms with Crippen LogP contribution in [-0.4, -0.2) is 82.8 Å². The Hall–Kier alpha value is -2.93. The second kappa shape index (κ2) is 11.0. The van der Waals surface area contributed by atoms with E-state index in [1.165, 1.54) is 4.90 Å². The topological polar surface area (TPSA) is 153 Å². The molecule has 3 aliphatic rings. The lowest BCUT2D eigenvalue weighted by molar-refractivity contribution is -0.138. The summed E-state index contributed by atoms with van der Waals surface area (Å²) in [6.07, 6.45) is 6.24. The number of amides is 4. The highest BCUT2D eigenvalue weighted by atomic mass is 28.3. The highest BCUT2D eigenvalue weighted by molar-refractivity contribution is 6.76. The molecular weight excluding hydrogens is 504 g/mol. The number of anilines is 1. The van der Waals surface area contributed by atoms with E-state index < -0.39 is 25.9 Å². The summed E-state index contributed by atoms with van der Waals surface area (Å²) < 4.78 is 7.84. The number of urea groups is 1.